The highest BCUT2D eigenvalue weighted by Crippen LogP contribution is 2.60. The number of halogens is 1. The number of aliphatic hydroxyl groups excluding tert-OH is 1. The van der Waals surface area contributed by atoms with E-state index < -0.39 is 35.6 Å². The average molecular weight is 527 g/mol. The molecule has 0 aromatic heterocycles. The normalized spacial score (nSPS) is 33.0. The van der Waals surface area contributed by atoms with Gasteiger partial charge in [0.2, 0.25) is 11.8 Å². The van der Waals surface area contributed by atoms with Crippen molar-refractivity contribution in [2.75, 3.05) is 26.3 Å². The maximum absolute atomic E-state index is 14.0. The number of carbonyl (C=O) groups is 3. The number of β-amino-alcohol motifs (C(OH)–C–C–N with tert-alkyl or cyclic N) is 1. The first-order valence-electron chi connectivity index (χ1n) is 11.7. The summed E-state index contributed by atoms with van der Waals surface area (Å²) in [5.74, 6) is -2.69. The molecule has 4 unspecified atom stereocenters. The van der Waals surface area contributed by atoms with Gasteiger partial charge in [0.1, 0.15) is 11.6 Å². The van der Waals surface area contributed by atoms with Crippen LogP contribution in [0.2, 0.25) is 0 Å². The molecule has 1 N–H and O–H groups in total. The molecule has 184 valence electrons. The van der Waals surface area contributed by atoms with E-state index in [2.05, 4.69) is 36.0 Å². The van der Waals surface area contributed by atoms with E-state index in [1.165, 1.54) is 4.90 Å². The zero-order valence-electron chi connectivity index (χ0n) is 19.5. The maximum atomic E-state index is 14.0. The summed E-state index contributed by atoms with van der Waals surface area (Å²) in [7, 11) is 0. The molecule has 0 saturated carbocycles. The van der Waals surface area contributed by atoms with Gasteiger partial charge in [-0.1, -0.05) is 41.4 Å². The van der Waals surface area contributed by atoms with E-state index in [0.29, 0.717) is 19.4 Å². The zero-order valence-corrected chi connectivity index (χ0v) is 21.0. The zero-order chi connectivity index (χ0) is 24.3. The summed E-state index contributed by atoms with van der Waals surface area (Å²) in [5.41, 5.74) is -1.14. The summed E-state index contributed by atoms with van der Waals surface area (Å²) in [6.45, 7) is 11.7. The summed E-state index contributed by atoms with van der Waals surface area (Å²) in [6.07, 6.45) is 5.42. The third kappa shape index (κ3) is 4.39. The minimum Gasteiger partial charge on any atom is -0.465 e. The summed E-state index contributed by atoms with van der Waals surface area (Å²) < 4.78 is 11.8. The van der Waals surface area contributed by atoms with E-state index in [4.69, 9.17) is 9.47 Å². The van der Waals surface area contributed by atoms with Crippen molar-refractivity contribution in [2.24, 2.45) is 11.8 Å². The Balaban J connectivity index is 2.00. The highest BCUT2D eigenvalue weighted by molar-refractivity contribution is 9.09. The van der Waals surface area contributed by atoms with Crippen LogP contribution in [0.4, 0.5) is 0 Å². The molecule has 3 aliphatic heterocycles. The molecule has 1 spiro atoms. The van der Waals surface area contributed by atoms with E-state index in [1.807, 2.05) is 6.92 Å². The van der Waals surface area contributed by atoms with Gasteiger partial charge in [0.15, 0.2) is 0 Å². The third-order valence-electron chi connectivity index (χ3n) is 7.05. The van der Waals surface area contributed by atoms with Crippen LogP contribution >= 0.6 is 15.9 Å². The standard InChI is InChI=1S/C24H35BrN2O6/c1-5-8-13-32-23(31)17-18-21(29)27(11-12-28)20(24(18)14-16(25)19(17)33-24)22(30)26(10-7-3)15(4)9-6-2/h5,7,15-20,28H,1,3,6,8-14H2,2,4H3/t15?,16?,17-,18+,19-,20?,24?/m1/s1. The Morgan fingerprint density at radius 2 is 2.15 bits per heavy atom. The van der Waals surface area contributed by atoms with Gasteiger partial charge in [0.05, 0.1) is 31.2 Å². The van der Waals surface area contributed by atoms with E-state index in [-0.39, 0.29) is 42.4 Å². The quantitative estimate of drug-likeness (QED) is 0.181. The minimum atomic E-state index is -1.14. The van der Waals surface area contributed by atoms with Crippen molar-refractivity contribution in [1.82, 2.24) is 9.80 Å². The molecule has 3 heterocycles. The lowest BCUT2D eigenvalue weighted by atomic mass is 9.70. The molecule has 0 aliphatic carbocycles. The Morgan fingerprint density at radius 3 is 2.76 bits per heavy atom. The summed E-state index contributed by atoms with van der Waals surface area (Å²) in [5, 5.41) is 9.69. The average Bonchev–Trinajstić information content (AvgIpc) is 3.36. The molecule has 3 saturated heterocycles. The van der Waals surface area contributed by atoms with E-state index >= 15 is 0 Å². The monoisotopic (exact) mass is 526 g/mol. The molecule has 2 amide bonds. The molecule has 3 rings (SSSR count). The number of alkyl halides is 1. The molecule has 0 aromatic rings. The molecule has 8 nitrogen and oxygen atoms in total. The van der Waals surface area contributed by atoms with Gasteiger partial charge in [-0.3, -0.25) is 14.4 Å². The van der Waals surface area contributed by atoms with E-state index in [1.54, 1.807) is 17.1 Å². The molecular formula is C24H35BrN2O6. The molecule has 2 bridgehead atoms. The Hall–Kier alpha value is -1.71. The SMILES string of the molecule is C=CCCOC(=O)[C@H]1[C@@H]2OC3(CC2Br)C(C(=O)N(CC=C)C(C)CCC)N(CCO)C(=O)[C@H]13. The van der Waals surface area contributed by atoms with Crippen molar-refractivity contribution in [3.63, 3.8) is 0 Å². The fourth-order valence-corrected chi connectivity index (χ4v) is 6.67. The number of esters is 1. The van der Waals surface area contributed by atoms with Crippen molar-refractivity contribution < 1.29 is 29.0 Å². The van der Waals surface area contributed by atoms with Crippen LogP contribution in [-0.2, 0) is 23.9 Å². The first-order valence-corrected chi connectivity index (χ1v) is 12.6. The maximum Gasteiger partial charge on any atom is 0.312 e. The Kier molecular flexibility index (Phi) is 8.40. The Bertz CT molecular complexity index is 791. The topological polar surface area (TPSA) is 96.4 Å². The fourth-order valence-electron chi connectivity index (χ4n) is 5.72. The van der Waals surface area contributed by atoms with Crippen LogP contribution in [0.1, 0.15) is 39.5 Å². The van der Waals surface area contributed by atoms with Crippen molar-refractivity contribution in [2.45, 2.75) is 68.1 Å². The van der Waals surface area contributed by atoms with Gasteiger partial charge < -0.3 is 24.4 Å². The lowest BCUT2D eigenvalue weighted by molar-refractivity contribution is -0.155. The highest BCUT2D eigenvalue weighted by Gasteiger charge is 2.77. The van der Waals surface area contributed by atoms with Gasteiger partial charge in [-0.15, -0.1) is 13.2 Å². The summed E-state index contributed by atoms with van der Waals surface area (Å²) >= 11 is 3.63. The number of carbonyl (C=O) groups excluding carboxylic acids is 3. The number of hydrogen-bond donors (Lipinski definition) is 1. The number of ether oxygens (including phenoxy) is 2. The van der Waals surface area contributed by atoms with Crippen molar-refractivity contribution in [3.05, 3.63) is 25.3 Å². The first-order chi connectivity index (χ1) is 15.8. The van der Waals surface area contributed by atoms with Gasteiger partial charge in [-0.2, -0.15) is 0 Å². The predicted octanol–water partition coefficient (Wildman–Crippen LogP) is 2.05. The van der Waals surface area contributed by atoms with Crippen molar-refractivity contribution in [3.8, 4) is 0 Å². The van der Waals surface area contributed by atoms with Crippen LogP contribution in [0.15, 0.2) is 25.3 Å². The van der Waals surface area contributed by atoms with E-state index in [9.17, 15) is 19.5 Å². The first kappa shape index (κ1) is 25.9. The number of likely N-dealkylation sites (tertiary alicyclic amines) is 1. The molecular weight excluding hydrogens is 492 g/mol. The smallest absolute Gasteiger partial charge is 0.312 e. The van der Waals surface area contributed by atoms with Gasteiger partial charge in [-0.25, -0.2) is 0 Å². The number of hydrogen-bond acceptors (Lipinski definition) is 6. The molecule has 0 radical (unpaired) electrons. The van der Waals surface area contributed by atoms with Gasteiger partial charge >= 0.3 is 5.97 Å². The van der Waals surface area contributed by atoms with Crippen molar-refractivity contribution in [1.29, 1.82) is 0 Å². The summed E-state index contributed by atoms with van der Waals surface area (Å²) in [4.78, 5) is 43.6. The molecule has 7 atom stereocenters. The minimum absolute atomic E-state index is 0.00319. The van der Waals surface area contributed by atoms with Crippen LogP contribution in [-0.4, -0.2) is 87.6 Å². The van der Waals surface area contributed by atoms with E-state index in [0.717, 1.165) is 12.8 Å². The number of aliphatic hydroxyl groups is 1. The van der Waals surface area contributed by atoms with Crippen LogP contribution in [0.5, 0.6) is 0 Å². The van der Waals surface area contributed by atoms with Gasteiger partial charge in [0.25, 0.3) is 0 Å². The molecule has 3 fully saturated rings. The van der Waals surface area contributed by atoms with Crippen LogP contribution in [0.3, 0.4) is 0 Å². The number of rotatable bonds is 12. The second-order valence-corrected chi connectivity index (χ2v) is 10.3. The predicted molar refractivity (Wildman–Crippen MR) is 127 cm³/mol. The molecule has 0 aromatic carbocycles. The largest absolute Gasteiger partial charge is 0.465 e. The van der Waals surface area contributed by atoms with Crippen LogP contribution in [0, 0.1) is 11.8 Å². The lowest BCUT2D eigenvalue weighted by Crippen LogP contribution is -2.58. The molecule has 33 heavy (non-hydrogen) atoms. The lowest BCUT2D eigenvalue weighted by Gasteiger charge is -2.39. The fraction of sp³-hybridized carbons (Fsp3) is 0.708. The highest BCUT2D eigenvalue weighted by atomic mass is 79.9. The number of fused-ring (bicyclic) bond motifs is 1. The molecule has 9 heteroatoms. The Labute approximate surface area is 204 Å². The number of amides is 2. The second-order valence-electron chi connectivity index (χ2n) is 9.08. The summed E-state index contributed by atoms with van der Waals surface area (Å²) in [6, 6.07) is -0.975. The Morgan fingerprint density at radius 1 is 1.42 bits per heavy atom. The van der Waals surface area contributed by atoms with Crippen molar-refractivity contribution >= 4 is 33.7 Å². The second kappa shape index (κ2) is 10.7. The molecule has 3 aliphatic rings. The number of nitrogens with zero attached hydrogens (tertiary/aromatic N) is 2. The van der Waals surface area contributed by atoms with Crippen LogP contribution < -0.4 is 0 Å². The van der Waals surface area contributed by atoms with Crippen LogP contribution in [0.25, 0.3) is 0 Å². The third-order valence-corrected chi connectivity index (χ3v) is 7.89. The van der Waals surface area contributed by atoms with Gasteiger partial charge in [-0.05, 0) is 26.2 Å². The van der Waals surface area contributed by atoms with Gasteiger partial charge in [0, 0.05) is 24.0 Å².